The zero-order valence-electron chi connectivity index (χ0n) is 7.35. The molecule has 0 atom stereocenters. The van der Waals surface area contributed by atoms with E-state index in [0.717, 1.165) is 4.70 Å². The van der Waals surface area contributed by atoms with Crippen molar-refractivity contribution in [2.45, 2.75) is 0 Å². The first-order valence-corrected chi connectivity index (χ1v) is 4.62. The van der Waals surface area contributed by atoms with Gasteiger partial charge in [-0.2, -0.15) is 0 Å². The van der Waals surface area contributed by atoms with E-state index >= 15 is 0 Å². The van der Waals surface area contributed by atoms with E-state index in [-0.39, 0.29) is 0 Å². The number of ether oxygens (including phenoxy) is 1. The summed E-state index contributed by atoms with van der Waals surface area (Å²) in [5, 5.41) is 0.315. The van der Waals surface area contributed by atoms with E-state index in [1.807, 2.05) is 0 Å². The molecular formula is C8H7N3O2S. The molecule has 0 saturated heterocycles. The summed E-state index contributed by atoms with van der Waals surface area (Å²) in [6.45, 7) is 0. The molecular weight excluding hydrogens is 202 g/mol. The van der Waals surface area contributed by atoms with Gasteiger partial charge in [0.15, 0.2) is 0 Å². The SMILES string of the molecule is COC(=O)c1nc2cnc(N)cc2s1. The molecule has 2 aromatic rings. The Kier molecular flexibility index (Phi) is 2.05. The molecule has 0 aliphatic carbocycles. The number of hydrogen-bond donors (Lipinski definition) is 1. The number of hydrogen-bond acceptors (Lipinski definition) is 6. The van der Waals surface area contributed by atoms with E-state index in [0.29, 0.717) is 16.3 Å². The highest BCUT2D eigenvalue weighted by molar-refractivity contribution is 7.20. The van der Waals surface area contributed by atoms with Crippen LogP contribution in [0.1, 0.15) is 9.80 Å². The van der Waals surface area contributed by atoms with Gasteiger partial charge in [0.05, 0.1) is 18.0 Å². The Morgan fingerprint density at radius 1 is 1.64 bits per heavy atom. The topological polar surface area (TPSA) is 78.1 Å². The highest BCUT2D eigenvalue weighted by atomic mass is 32.1. The van der Waals surface area contributed by atoms with Crippen LogP contribution in [0, 0.1) is 0 Å². The second-order valence-corrected chi connectivity index (χ2v) is 3.62. The van der Waals surface area contributed by atoms with E-state index in [4.69, 9.17) is 5.73 Å². The van der Waals surface area contributed by atoms with Gasteiger partial charge in [0.1, 0.15) is 11.3 Å². The predicted molar refractivity (Wildman–Crippen MR) is 53.2 cm³/mol. The number of carbonyl (C=O) groups excluding carboxylic acids is 1. The second kappa shape index (κ2) is 3.22. The zero-order valence-corrected chi connectivity index (χ0v) is 8.17. The monoisotopic (exact) mass is 209 g/mol. The summed E-state index contributed by atoms with van der Waals surface area (Å²) in [6, 6.07) is 1.68. The molecule has 6 heteroatoms. The first kappa shape index (κ1) is 8.89. The number of anilines is 1. The molecule has 0 saturated carbocycles. The molecule has 0 amide bonds. The number of nitrogen functional groups attached to an aromatic ring is 1. The number of rotatable bonds is 1. The van der Waals surface area contributed by atoms with Gasteiger partial charge in [-0.1, -0.05) is 0 Å². The summed E-state index contributed by atoms with van der Waals surface area (Å²) in [6.07, 6.45) is 1.54. The van der Waals surface area contributed by atoms with Crippen LogP contribution in [0.5, 0.6) is 0 Å². The number of aromatic nitrogens is 2. The number of methoxy groups -OCH3 is 1. The number of pyridine rings is 1. The largest absolute Gasteiger partial charge is 0.464 e. The number of thiazole rings is 1. The van der Waals surface area contributed by atoms with Crippen molar-refractivity contribution >= 4 is 33.3 Å². The van der Waals surface area contributed by atoms with Gasteiger partial charge >= 0.3 is 5.97 Å². The molecule has 2 heterocycles. The van der Waals surface area contributed by atoms with Gasteiger partial charge < -0.3 is 10.5 Å². The first-order valence-electron chi connectivity index (χ1n) is 3.81. The Hall–Kier alpha value is -1.69. The fraction of sp³-hybridized carbons (Fsp3) is 0.125. The molecule has 5 nitrogen and oxygen atoms in total. The van der Waals surface area contributed by atoms with Gasteiger partial charge in [0.25, 0.3) is 0 Å². The van der Waals surface area contributed by atoms with Gasteiger partial charge in [0.2, 0.25) is 5.01 Å². The second-order valence-electron chi connectivity index (χ2n) is 2.59. The van der Waals surface area contributed by atoms with Crippen LogP contribution in [-0.4, -0.2) is 23.0 Å². The lowest BCUT2D eigenvalue weighted by Gasteiger charge is -1.89. The average molecular weight is 209 g/mol. The Morgan fingerprint density at radius 3 is 3.14 bits per heavy atom. The van der Waals surface area contributed by atoms with Crippen LogP contribution in [0.2, 0.25) is 0 Å². The lowest BCUT2D eigenvalue weighted by molar-refractivity contribution is 0.0600. The Morgan fingerprint density at radius 2 is 2.43 bits per heavy atom. The first-order chi connectivity index (χ1) is 6.70. The van der Waals surface area contributed by atoms with E-state index in [1.54, 1.807) is 6.07 Å². The van der Waals surface area contributed by atoms with Crippen molar-refractivity contribution < 1.29 is 9.53 Å². The maximum absolute atomic E-state index is 11.1. The van der Waals surface area contributed by atoms with Crippen LogP contribution in [0.15, 0.2) is 12.3 Å². The fourth-order valence-corrected chi connectivity index (χ4v) is 1.92. The molecule has 0 unspecified atom stereocenters. The minimum Gasteiger partial charge on any atom is -0.464 e. The highest BCUT2D eigenvalue weighted by Crippen LogP contribution is 2.22. The average Bonchev–Trinajstić information content (AvgIpc) is 2.59. The molecule has 0 aliphatic heterocycles. The molecule has 2 aromatic heterocycles. The highest BCUT2D eigenvalue weighted by Gasteiger charge is 2.12. The third-order valence-electron chi connectivity index (χ3n) is 1.66. The van der Waals surface area contributed by atoms with Crippen molar-refractivity contribution in [1.82, 2.24) is 9.97 Å². The molecule has 0 fully saturated rings. The summed E-state index contributed by atoms with van der Waals surface area (Å²) in [7, 11) is 1.32. The van der Waals surface area contributed by atoms with Crippen molar-refractivity contribution in [3.63, 3.8) is 0 Å². The fourth-order valence-electron chi connectivity index (χ4n) is 1.02. The molecule has 14 heavy (non-hydrogen) atoms. The molecule has 0 aliphatic rings. The summed E-state index contributed by atoms with van der Waals surface area (Å²) >= 11 is 1.24. The molecule has 0 spiro atoms. The van der Waals surface area contributed by atoms with Crippen molar-refractivity contribution in [1.29, 1.82) is 0 Å². The minimum absolute atomic E-state index is 0.315. The quantitative estimate of drug-likeness (QED) is 0.710. The normalized spacial score (nSPS) is 10.4. The maximum Gasteiger partial charge on any atom is 0.367 e. The summed E-state index contributed by atoms with van der Waals surface area (Å²) in [5.41, 5.74) is 6.15. The van der Waals surface area contributed by atoms with Crippen LogP contribution in [0.3, 0.4) is 0 Å². The molecule has 72 valence electrons. The Bertz CT molecular complexity index is 494. The van der Waals surface area contributed by atoms with E-state index in [9.17, 15) is 4.79 Å². The molecule has 2 N–H and O–H groups in total. The zero-order chi connectivity index (χ0) is 10.1. The standard InChI is InChI=1S/C8H7N3O2S/c1-13-8(12)7-11-4-3-10-6(9)2-5(4)14-7/h2-3H,1H3,(H2,9,10). The van der Waals surface area contributed by atoms with Gasteiger partial charge in [-0.05, 0) is 6.07 Å². The molecule has 0 aromatic carbocycles. The van der Waals surface area contributed by atoms with Gasteiger partial charge in [-0.25, -0.2) is 14.8 Å². The Balaban J connectivity index is 2.56. The van der Waals surface area contributed by atoms with Crippen molar-refractivity contribution in [2.24, 2.45) is 0 Å². The van der Waals surface area contributed by atoms with Crippen LogP contribution in [0.25, 0.3) is 10.2 Å². The van der Waals surface area contributed by atoms with E-state index in [1.165, 1.54) is 24.6 Å². The van der Waals surface area contributed by atoms with Crippen molar-refractivity contribution in [2.75, 3.05) is 12.8 Å². The van der Waals surface area contributed by atoms with Gasteiger partial charge in [-0.3, -0.25) is 0 Å². The van der Waals surface area contributed by atoms with Crippen LogP contribution in [0.4, 0.5) is 5.82 Å². The van der Waals surface area contributed by atoms with Crippen LogP contribution in [-0.2, 0) is 4.74 Å². The number of nitrogens with two attached hydrogens (primary N) is 1. The molecule has 0 bridgehead atoms. The predicted octanol–water partition coefficient (Wildman–Crippen LogP) is 1.06. The van der Waals surface area contributed by atoms with Gasteiger partial charge in [-0.15, -0.1) is 11.3 Å². The van der Waals surface area contributed by atoms with Crippen molar-refractivity contribution in [3.05, 3.63) is 17.3 Å². The molecule has 0 radical (unpaired) electrons. The number of fused-ring (bicyclic) bond motifs is 1. The maximum atomic E-state index is 11.1. The van der Waals surface area contributed by atoms with Crippen molar-refractivity contribution in [3.8, 4) is 0 Å². The molecule has 2 rings (SSSR count). The third kappa shape index (κ3) is 1.39. The van der Waals surface area contributed by atoms with Crippen LogP contribution < -0.4 is 5.73 Å². The van der Waals surface area contributed by atoms with E-state index < -0.39 is 5.97 Å². The van der Waals surface area contributed by atoms with Gasteiger partial charge in [0, 0.05) is 0 Å². The summed E-state index contributed by atoms with van der Waals surface area (Å²) < 4.78 is 5.38. The number of carbonyl (C=O) groups is 1. The summed E-state index contributed by atoms with van der Waals surface area (Å²) in [5.74, 6) is -0.0256. The van der Waals surface area contributed by atoms with Crippen LogP contribution >= 0.6 is 11.3 Å². The number of esters is 1. The summed E-state index contributed by atoms with van der Waals surface area (Å²) in [4.78, 5) is 19.1. The number of nitrogens with zero attached hydrogens (tertiary/aromatic N) is 2. The lowest BCUT2D eigenvalue weighted by atomic mass is 10.4. The lowest BCUT2D eigenvalue weighted by Crippen LogP contribution is -1.99. The van der Waals surface area contributed by atoms with E-state index in [2.05, 4.69) is 14.7 Å². The Labute approximate surface area is 83.5 Å². The third-order valence-corrected chi connectivity index (χ3v) is 2.65. The minimum atomic E-state index is -0.440. The smallest absolute Gasteiger partial charge is 0.367 e.